The minimum Gasteiger partial charge on any atom is -0.493 e. The summed E-state index contributed by atoms with van der Waals surface area (Å²) in [5.41, 5.74) is 6.52. The lowest BCUT2D eigenvalue weighted by atomic mass is 10.1. The lowest BCUT2D eigenvalue weighted by Crippen LogP contribution is -2.27. The first-order chi connectivity index (χ1) is 13.9. The summed E-state index contributed by atoms with van der Waals surface area (Å²) >= 11 is 6.74. The lowest BCUT2D eigenvalue weighted by molar-refractivity contribution is -0.123. The first kappa shape index (κ1) is 20.8. The van der Waals surface area contributed by atoms with Crippen molar-refractivity contribution in [2.45, 2.75) is 6.54 Å². The Morgan fingerprint density at radius 2 is 1.90 bits per heavy atom. The number of hydrogen-bond donors (Lipinski definition) is 1. The molecule has 1 aliphatic rings. The van der Waals surface area contributed by atoms with Crippen LogP contribution in [0.4, 0.5) is 4.79 Å². The second-order valence-corrected chi connectivity index (χ2v) is 7.49. The third-order valence-corrected chi connectivity index (χ3v) is 5.14. The van der Waals surface area contributed by atoms with E-state index in [1.807, 2.05) is 0 Å². The van der Waals surface area contributed by atoms with Gasteiger partial charge in [0.1, 0.15) is 0 Å². The van der Waals surface area contributed by atoms with Gasteiger partial charge >= 0.3 is 0 Å². The van der Waals surface area contributed by atoms with E-state index >= 15 is 0 Å². The van der Waals surface area contributed by atoms with Crippen molar-refractivity contribution in [2.75, 3.05) is 13.7 Å². The van der Waals surface area contributed by atoms with Crippen molar-refractivity contribution in [1.29, 1.82) is 0 Å². The molecule has 0 bridgehead atoms. The third kappa shape index (κ3) is 5.10. The van der Waals surface area contributed by atoms with Crippen molar-refractivity contribution in [3.63, 3.8) is 0 Å². The molecule has 9 heteroatoms. The van der Waals surface area contributed by atoms with Gasteiger partial charge in [0.15, 0.2) is 18.1 Å². The maximum atomic E-state index is 12.7. The van der Waals surface area contributed by atoms with Gasteiger partial charge in [0.2, 0.25) is 0 Å². The molecule has 0 unspecified atom stereocenters. The Bertz CT molecular complexity index is 991. The minimum atomic E-state index is -0.606. The predicted octanol–water partition coefficient (Wildman–Crippen LogP) is 3.45. The number of amides is 3. The molecule has 3 rings (SSSR count). The molecule has 1 saturated heterocycles. The van der Waals surface area contributed by atoms with E-state index < -0.39 is 5.91 Å². The summed E-state index contributed by atoms with van der Waals surface area (Å²) in [6.07, 6.45) is 1.60. The van der Waals surface area contributed by atoms with Gasteiger partial charge in [0, 0.05) is 5.02 Å². The van der Waals surface area contributed by atoms with Gasteiger partial charge in [0.25, 0.3) is 17.1 Å². The van der Waals surface area contributed by atoms with Crippen molar-refractivity contribution < 1.29 is 23.9 Å². The topological polar surface area (TPSA) is 98.9 Å². The Morgan fingerprint density at radius 3 is 2.55 bits per heavy atom. The monoisotopic (exact) mass is 432 g/mol. The quantitative estimate of drug-likeness (QED) is 0.673. The number of hydrogen-bond acceptors (Lipinski definition) is 6. The highest BCUT2D eigenvalue weighted by atomic mass is 35.5. The summed E-state index contributed by atoms with van der Waals surface area (Å²) in [6, 6.07) is 11.9. The molecule has 1 fully saturated rings. The van der Waals surface area contributed by atoms with Crippen LogP contribution in [0.15, 0.2) is 47.4 Å². The van der Waals surface area contributed by atoms with E-state index in [-0.39, 0.29) is 24.3 Å². The summed E-state index contributed by atoms with van der Waals surface area (Å²) in [5.74, 6) is -0.256. The fraction of sp³-hybridized carbons (Fsp3) is 0.150. The molecule has 150 valence electrons. The predicted molar refractivity (Wildman–Crippen MR) is 111 cm³/mol. The molecule has 1 heterocycles. The largest absolute Gasteiger partial charge is 0.493 e. The number of nitrogens with two attached hydrogens (primary N) is 1. The number of nitrogens with zero attached hydrogens (tertiary/aromatic N) is 1. The molecule has 29 heavy (non-hydrogen) atoms. The average molecular weight is 433 g/mol. The number of halogens is 1. The zero-order valence-electron chi connectivity index (χ0n) is 15.4. The number of primary amides is 1. The van der Waals surface area contributed by atoms with E-state index in [0.717, 1.165) is 17.3 Å². The van der Waals surface area contributed by atoms with Crippen LogP contribution in [0, 0.1) is 0 Å². The Balaban J connectivity index is 1.78. The maximum absolute atomic E-state index is 12.7. The molecule has 2 aromatic carbocycles. The highest BCUT2D eigenvalue weighted by molar-refractivity contribution is 8.18. The van der Waals surface area contributed by atoms with Gasteiger partial charge < -0.3 is 15.2 Å². The number of carbonyl (C=O) groups excluding carboxylic acids is 3. The van der Waals surface area contributed by atoms with E-state index in [1.165, 1.54) is 12.0 Å². The van der Waals surface area contributed by atoms with E-state index in [9.17, 15) is 14.4 Å². The summed E-state index contributed by atoms with van der Waals surface area (Å²) in [4.78, 5) is 37.3. The fourth-order valence-corrected chi connectivity index (χ4v) is 3.57. The first-order valence-electron chi connectivity index (χ1n) is 8.46. The van der Waals surface area contributed by atoms with Gasteiger partial charge in [-0.2, -0.15) is 0 Å². The van der Waals surface area contributed by atoms with Crippen LogP contribution in [0.25, 0.3) is 6.08 Å². The molecule has 0 atom stereocenters. The molecule has 0 radical (unpaired) electrons. The first-order valence-corrected chi connectivity index (χ1v) is 9.66. The van der Waals surface area contributed by atoms with Crippen molar-refractivity contribution in [1.82, 2.24) is 4.90 Å². The maximum Gasteiger partial charge on any atom is 0.293 e. The fourth-order valence-electron chi connectivity index (χ4n) is 2.60. The van der Waals surface area contributed by atoms with Gasteiger partial charge in [-0.25, -0.2) is 0 Å². The molecule has 7 nitrogen and oxygen atoms in total. The van der Waals surface area contributed by atoms with Gasteiger partial charge in [-0.1, -0.05) is 29.8 Å². The normalized spacial score (nSPS) is 15.1. The Morgan fingerprint density at radius 1 is 1.17 bits per heavy atom. The van der Waals surface area contributed by atoms with E-state index in [1.54, 1.807) is 48.5 Å². The molecule has 3 amide bonds. The van der Waals surface area contributed by atoms with Gasteiger partial charge in [-0.3, -0.25) is 19.3 Å². The Kier molecular flexibility index (Phi) is 6.46. The number of carbonyl (C=O) groups is 3. The van der Waals surface area contributed by atoms with Crippen LogP contribution in [0.1, 0.15) is 11.1 Å². The molecule has 2 aromatic rings. The second kappa shape index (κ2) is 9.02. The zero-order valence-corrected chi connectivity index (χ0v) is 17.0. The molecule has 2 N–H and O–H groups in total. The second-order valence-electron chi connectivity index (χ2n) is 6.06. The lowest BCUT2D eigenvalue weighted by Gasteiger charge is -2.12. The number of rotatable bonds is 7. The van der Waals surface area contributed by atoms with Gasteiger partial charge in [-0.15, -0.1) is 0 Å². The highest BCUT2D eigenvalue weighted by Crippen LogP contribution is 2.35. The van der Waals surface area contributed by atoms with Gasteiger partial charge in [-0.05, 0) is 53.2 Å². The minimum absolute atomic E-state index is 0.169. The Hall–Kier alpha value is -2.97. The molecule has 1 aliphatic heterocycles. The van der Waals surface area contributed by atoms with Crippen LogP contribution in [-0.4, -0.2) is 35.7 Å². The zero-order chi connectivity index (χ0) is 21.0. The van der Waals surface area contributed by atoms with Gasteiger partial charge in [0.05, 0.1) is 18.6 Å². The summed E-state index contributed by atoms with van der Waals surface area (Å²) < 4.78 is 10.5. The average Bonchev–Trinajstić information content (AvgIpc) is 2.95. The van der Waals surface area contributed by atoms with Crippen LogP contribution in [0.5, 0.6) is 11.5 Å². The number of benzene rings is 2. The van der Waals surface area contributed by atoms with Crippen molar-refractivity contribution in [2.24, 2.45) is 5.73 Å². The number of imide groups is 1. The molecule has 0 aromatic heterocycles. The third-order valence-electron chi connectivity index (χ3n) is 3.98. The highest BCUT2D eigenvalue weighted by Gasteiger charge is 2.35. The molecule has 0 saturated carbocycles. The van der Waals surface area contributed by atoms with Crippen LogP contribution < -0.4 is 15.2 Å². The van der Waals surface area contributed by atoms with E-state index in [0.29, 0.717) is 27.0 Å². The molecule has 0 spiro atoms. The number of ether oxygens (including phenoxy) is 2. The van der Waals surface area contributed by atoms with E-state index in [2.05, 4.69) is 0 Å². The van der Waals surface area contributed by atoms with Crippen molar-refractivity contribution in [3.8, 4) is 11.5 Å². The number of thioether (sulfide) groups is 1. The molecular weight excluding hydrogens is 416 g/mol. The molecule has 0 aliphatic carbocycles. The van der Waals surface area contributed by atoms with Crippen LogP contribution in [0.2, 0.25) is 5.02 Å². The van der Waals surface area contributed by atoms with Crippen molar-refractivity contribution in [3.05, 3.63) is 63.5 Å². The van der Waals surface area contributed by atoms with E-state index in [4.69, 9.17) is 26.8 Å². The summed E-state index contributed by atoms with van der Waals surface area (Å²) in [7, 11) is 1.45. The Labute approximate surface area is 176 Å². The summed E-state index contributed by atoms with van der Waals surface area (Å²) in [5, 5.41) is 0.240. The van der Waals surface area contributed by atoms with Crippen LogP contribution in [-0.2, 0) is 16.1 Å². The SMILES string of the molecule is COc1cc(/C=C2/SC(=O)N(Cc3ccc(Cl)cc3)C2=O)ccc1OCC(N)=O. The van der Waals surface area contributed by atoms with Crippen LogP contribution in [0.3, 0.4) is 0 Å². The number of methoxy groups -OCH3 is 1. The van der Waals surface area contributed by atoms with Crippen LogP contribution >= 0.6 is 23.4 Å². The summed E-state index contributed by atoms with van der Waals surface area (Å²) in [6.45, 7) is -0.109. The molecular formula is C20H17ClN2O5S. The van der Waals surface area contributed by atoms with Crippen molar-refractivity contribution >= 4 is 46.5 Å². The smallest absolute Gasteiger partial charge is 0.293 e. The standard InChI is InChI=1S/C20H17ClN2O5S/c1-27-16-8-13(4-7-15(16)28-11-18(22)24)9-17-19(25)23(20(26)29-17)10-12-2-5-14(21)6-3-12/h2-9H,10-11H2,1H3,(H2,22,24)/b17-9+.